The minimum atomic E-state index is 0.249. The van der Waals surface area contributed by atoms with Crippen LogP contribution in [0.2, 0.25) is 0 Å². The Morgan fingerprint density at radius 3 is 2.50 bits per heavy atom. The molecule has 5 heteroatoms. The second-order valence-corrected chi connectivity index (χ2v) is 4.38. The normalized spacial score (nSPS) is 10.4. The Labute approximate surface area is 102 Å². The molecule has 0 saturated carbocycles. The third-order valence-electron chi connectivity index (χ3n) is 2.19. The summed E-state index contributed by atoms with van der Waals surface area (Å²) in [5.41, 5.74) is 7.69. The Bertz CT molecular complexity index is 519. The van der Waals surface area contributed by atoms with Crippen molar-refractivity contribution in [1.82, 2.24) is 15.0 Å². The molecule has 0 fully saturated rings. The van der Waals surface area contributed by atoms with Gasteiger partial charge in [-0.15, -0.1) is 0 Å². The second-order valence-electron chi connectivity index (χ2n) is 3.53. The number of nitrogen functional groups attached to an aromatic ring is 1. The highest BCUT2D eigenvalue weighted by Crippen LogP contribution is 2.23. The van der Waals surface area contributed by atoms with Crippen molar-refractivity contribution >= 4 is 21.9 Å². The molecule has 1 aromatic carbocycles. The summed E-state index contributed by atoms with van der Waals surface area (Å²) in [6.07, 6.45) is 0. The average Bonchev–Trinajstić information content (AvgIpc) is 2.20. The lowest BCUT2D eigenvalue weighted by molar-refractivity contribution is 0.996. The number of benzene rings is 1. The van der Waals surface area contributed by atoms with Crippen LogP contribution in [0.5, 0.6) is 0 Å². The summed E-state index contributed by atoms with van der Waals surface area (Å²) in [4.78, 5) is 12.3. The molecule has 4 nitrogen and oxygen atoms in total. The molecule has 0 aliphatic heterocycles. The van der Waals surface area contributed by atoms with Crippen LogP contribution >= 0.6 is 15.9 Å². The van der Waals surface area contributed by atoms with E-state index < -0.39 is 0 Å². The molecule has 0 aliphatic rings. The highest BCUT2D eigenvalue weighted by molar-refractivity contribution is 9.10. The van der Waals surface area contributed by atoms with Gasteiger partial charge in [-0.2, -0.15) is 9.97 Å². The summed E-state index contributed by atoms with van der Waals surface area (Å²) >= 11 is 3.48. The molecule has 0 atom stereocenters. The summed E-state index contributed by atoms with van der Waals surface area (Å²) in [7, 11) is 0. The quantitative estimate of drug-likeness (QED) is 0.871. The van der Waals surface area contributed by atoms with Crippen molar-refractivity contribution in [2.75, 3.05) is 5.73 Å². The van der Waals surface area contributed by atoms with E-state index in [-0.39, 0.29) is 5.95 Å². The fourth-order valence-electron chi connectivity index (χ4n) is 1.36. The van der Waals surface area contributed by atoms with Crippen LogP contribution in [0, 0.1) is 13.8 Å². The Morgan fingerprint density at radius 1 is 1.12 bits per heavy atom. The Kier molecular flexibility index (Phi) is 2.87. The molecule has 0 saturated heterocycles. The van der Waals surface area contributed by atoms with Crippen LogP contribution in [-0.4, -0.2) is 15.0 Å². The maximum atomic E-state index is 5.59. The third-order valence-corrected chi connectivity index (χ3v) is 3.05. The van der Waals surface area contributed by atoms with E-state index in [0.29, 0.717) is 11.6 Å². The van der Waals surface area contributed by atoms with Crippen LogP contribution in [-0.2, 0) is 0 Å². The van der Waals surface area contributed by atoms with Crippen LogP contribution in [0.3, 0.4) is 0 Å². The maximum Gasteiger partial charge on any atom is 0.223 e. The van der Waals surface area contributed by atoms with Crippen molar-refractivity contribution in [2.24, 2.45) is 0 Å². The number of aromatic nitrogens is 3. The topological polar surface area (TPSA) is 64.7 Å². The van der Waals surface area contributed by atoms with E-state index in [0.717, 1.165) is 10.0 Å². The minimum Gasteiger partial charge on any atom is -0.368 e. The Morgan fingerprint density at radius 2 is 1.88 bits per heavy atom. The number of nitrogens with two attached hydrogens (primary N) is 1. The summed E-state index contributed by atoms with van der Waals surface area (Å²) in [5.74, 6) is 1.48. The van der Waals surface area contributed by atoms with E-state index in [9.17, 15) is 0 Å². The van der Waals surface area contributed by atoms with Gasteiger partial charge in [0.1, 0.15) is 5.82 Å². The number of hydrogen-bond donors (Lipinski definition) is 1. The van der Waals surface area contributed by atoms with Gasteiger partial charge in [-0.1, -0.05) is 28.1 Å². The fourth-order valence-corrected chi connectivity index (χ4v) is 1.74. The number of nitrogens with zero attached hydrogens (tertiary/aromatic N) is 3. The van der Waals surface area contributed by atoms with Gasteiger partial charge in [-0.25, -0.2) is 4.98 Å². The molecule has 1 heterocycles. The lowest BCUT2D eigenvalue weighted by Crippen LogP contribution is -2.01. The van der Waals surface area contributed by atoms with E-state index in [1.807, 2.05) is 25.1 Å². The highest BCUT2D eigenvalue weighted by atomic mass is 79.9. The molecule has 0 aliphatic carbocycles. The minimum absolute atomic E-state index is 0.249. The lowest BCUT2D eigenvalue weighted by atomic mass is 10.1. The first-order chi connectivity index (χ1) is 7.56. The highest BCUT2D eigenvalue weighted by Gasteiger charge is 2.05. The van der Waals surface area contributed by atoms with Crippen molar-refractivity contribution in [3.63, 3.8) is 0 Å². The van der Waals surface area contributed by atoms with Gasteiger partial charge >= 0.3 is 0 Å². The molecule has 0 unspecified atom stereocenters. The van der Waals surface area contributed by atoms with Crippen LogP contribution in [0.4, 0.5) is 5.95 Å². The van der Waals surface area contributed by atoms with Crippen LogP contribution in [0.25, 0.3) is 11.4 Å². The monoisotopic (exact) mass is 278 g/mol. The molecule has 82 valence electrons. The summed E-state index contributed by atoms with van der Waals surface area (Å²) in [6.45, 7) is 3.83. The first kappa shape index (κ1) is 11.0. The number of anilines is 1. The Balaban J connectivity index is 2.54. The van der Waals surface area contributed by atoms with Gasteiger partial charge in [0.25, 0.3) is 0 Å². The van der Waals surface area contributed by atoms with Gasteiger partial charge in [0, 0.05) is 10.0 Å². The van der Waals surface area contributed by atoms with E-state index >= 15 is 0 Å². The zero-order chi connectivity index (χ0) is 11.7. The van der Waals surface area contributed by atoms with E-state index in [1.165, 1.54) is 5.56 Å². The standard InChI is InChI=1S/C11H11BrN4/c1-6-3-4-8(5-9(6)12)10-14-7(2)15-11(13)16-10/h3-5H,1-2H3,(H2,13,14,15,16). The van der Waals surface area contributed by atoms with Gasteiger partial charge in [0.15, 0.2) is 5.82 Å². The number of halogens is 1. The molecule has 2 rings (SSSR count). The fraction of sp³-hybridized carbons (Fsp3) is 0.182. The molecule has 0 radical (unpaired) electrons. The zero-order valence-electron chi connectivity index (χ0n) is 9.03. The van der Waals surface area contributed by atoms with Crippen molar-refractivity contribution in [3.8, 4) is 11.4 Å². The van der Waals surface area contributed by atoms with Gasteiger partial charge in [-0.3, -0.25) is 0 Å². The van der Waals surface area contributed by atoms with Crippen LogP contribution in [0.15, 0.2) is 22.7 Å². The smallest absolute Gasteiger partial charge is 0.223 e. The van der Waals surface area contributed by atoms with E-state index in [2.05, 4.69) is 30.9 Å². The third kappa shape index (κ3) is 2.19. The van der Waals surface area contributed by atoms with Crippen LogP contribution < -0.4 is 5.73 Å². The number of hydrogen-bond acceptors (Lipinski definition) is 4. The predicted molar refractivity (Wildman–Crippen MR) is 66.8 cm³/mol. The summed E-state index contributed by atoms with van der Waals surface area (Å²) in [5, 5.41) is 0. The van der Waals surface area contributed by atoms with Crippen molar-refractivity contribution in [3.05, 3.63) is 34.1 Å². The molecule has 0 spiro atoms. The predicted octanol–water partition coefficient (Wildman–Crippen LogP) is 2.50. The van der Waals surface area contributed by atoms with E-state index in [1.54, 1.807) is 6.92 Å². The van der Waals surface area contributed by atoms with Gasteiger partial charge < -0.3 is 5.73 Å². The molecule has 1 aromatic heterocycles. The molecule has 0 amide bonds. The molecule has 0 bridgehead atoms. The molecular formula is C11H11BrN4. The molecule has 2 aromatic rings. The summed E-state index contributed by atoms with van der Waals surface area (Å²) < 4.78 is 1.03. The summed E-state index contributed by atoms with van der Waals surface area (Å²) in [6, 6.07) is 5.95. The number of aryl methyl sites for hydroxylation is 2. The Hall–Kier alpha value is -1.49. The van der Waals surface area contributed by atoms with Crippen LogP contribution in [0.1, 0.15) is 11.4 Å². The largest absolute Gasteiger partial charge is 0.368 e. The zero-order valence-corrected chi connectivity index (χ0v) is 10.6. The van der Waals surface area contributed by atoms with Crippen molar-refractivity contribution < 1.29 is 0 Å². The van der Waals surface area contributed by atoms with Crippen molar-refractivity contribution in [1.29, 1.82) is 0 Å². The molecule has 2 N–H and O–H groups in total. The van der Waals surface area contributed by atoms with Gasteiger partial charge in [-0.05, 0) is 25.5 Å². The van der Waals surface area contributed by atoms with Crippen molar-refractivity contribution in [2.45, 2.75) is 13.8 Å². The number of rotatable bonds is 1. The first-order valence-electron chi connectivity index (χ1n) is 4.81. The molecule has 16 heavy (non-hydrogen) atoms. The molecular weight excluding hydrogens is 268 g/mol. The SMILES string of the molecule is Cc1nc(N)nc(-c2ccc(C)c(Br)c2)n1. The average molecular weight is 279 g/mol. The van der Waals surface area contributed by atoms with Gasteiger partial charge in [0.2, 0.25) is 5.95 Å². The second kappa shape index (κ2) is 4.17. The van der Waals surface area contributed by atoms with Gasteiger partial charge in [0.05, 0.1) is 0 Å². The lowest BCUT2D eigenvalue weighted by Gasteiger charge is -2.04. The first-order valence-corrected chi connectivity index (χ1v) is 5.60. The maximum absolute atomic E-state index is 5.59. The van der Waals surface area contributed by atoms with E-state index in [4.69, 9.17) is 5.73 Å².